The lowest BCUT2D eigenvalue weighted by Crippen LogP contribution is -2.53. The molecule has 0 radical (unpaired) electrons. The van der Waals surface area contributed by atoms with Crippen molar-refractivity contribution in [3.8, 4) is 5.75 Å². The van der Waals surface area contributed by atoms with Crippen LogP contribution < -0.4 is 10.1 Å². The molecule has 1 saturated carbocycles. The second kappa shape index (κ2) is 13.7. The quantitative estimate of drug-likeness (QED) is 0.251. The maximum Gasteiger partial charge on any atom is 0.261 e. The maximum atomic E-state index is 13.8. The van der Waals surface area contributed by atoms with Gasteiger partial charge in [0.05, 0.1) is 5.02 Å². The van der Waals surface area contributed by atoms with Crippen LogP contribution >= 0.6 is 50.7 Å². The summed E-state index contributed by atoms with van der Waals surface area (Å²) in [5.74, 6) is -0.180. The van der Waals surface area contributed by atoms with Gasteiger partial charge >= 0.3 is 0 Å². The van der Waals surface area contributed by atoms with Gasteiger partial charge in [0.1, 0.15) is 11.8 Å². The molecule has 1 N–H and O–H groups in total. The molecule has 38 heavy (non-hydrogen) atoms. The fourth-order valence-electron chi connectivity index (χ4n) is 4.57. The van der Waals surface area contributed by atoms with Gasteiger partial charge in [-0.3, -0.25) is 9.59 Å². The van der Waals surface area contributed by atoms with Gasteiger partial charge in [-0.1, -0.05) is 100.0 Å². The van der Waals surface area contributed by atoms with E-state index in [4.69, 9.17) is 39.5 Å². The Hall–Kier alpha value is -2.25. The lowest BCUT2D eigenvalue weighted by molar-refractivity contribution is -0.143. The van der Waals surface area contributed by atoms with Crippen molar-refractivity contribution in [3.63, 3.8) is 0 Å². The molecule has 3 aromatic rings. The summed E-state index contributed by atoms with van der Waals surface area (Å²) in [7, 11) is 0. The molecule has 1 aliphatic rings. The number of amides is 2. The molecular weight excluding hydrogens is 611 g/mol. The van der Waals surface area contributed by atoms with Crippen LogP contribution in [0.4, 0.5) is 0 Å². The second-order valence-electron chi connectivity index (χ2n) is 9.32. The van der Waals surface area contributed by atoms with Crippen LogP contribution in [0.25, 0.3) is 0 Å². The van der Waals surface area contributed by atoms with E-state index in [1.165, 1.54) is 0 Å². The molecule has 9 heteroatoms. The lowest BCUT2D eigenvalue weighted by Gasteiger charge is -2.32. The summed E-state index contributed by atoms with van der Waals surface area (Å²) in [6.07, 6.45) is 4.38. The molecule has 0 bridgehead atoms. The summed E-state index contributed by atoms with van der Waals surface area (Å²) in [6.45, 7) is -0.184. The number of nitrogens with zero attached hydrogens (tertiary/aromatic N) is 1. The van der Waals surface area contributed by atoms with Gasteiger partial charge in [-0.25, -0.2) is 0 Å². The predicted molar refractivity (Wildman–Crippen MR) is 156 cm³/mol. The van der Waals surface area contributed by atoms with Crippen LogP contribution in [0.5, 0.6) is 5.75 Å². The zero-order valence-electron chi connectivity index (χ0n) is 20.6. The molecule has 200 valence electrons. The van der Waals surface area contributed by atoms with E-state index in [1.807, 2.05) is 30.3 Å². The number of ether oxygens (including phenoxy) is 1. The van der Waals surface area contributed by atoms with Crippen molar-refractivity contribution in [3.05, 3.63) is 97.4 Å². The number of rotatable bonds is 10. The fourth-order valence-corrected chi connectivity index (χ4v) is 5.77. The van der Waals surface area contributed by atoms with Crippen molar-refractivity contribution in [2.24, 2.45) is 0 Å². The van der Waals surface area contributed by atoms with Crippen molar-refractivity contribution < 1.29 is 14.3 Å². The van der Waals surface area contributed by atoms with E-state index >= 15 is 0 Å². The number of carbonyl (C=O) groups is 2. The predicted octanol–water partition coefficient (Wildman–Crippen LogP) is 7.49. The first-order valence-corrected chi connectivity index (χ1v) is 14.4. The van der Waals surface area contributed by atoms with Crippen molar-refractivity contribution >= 4 is 62.5 Å². The van der Waals surface area contributed by atoms with Gasteiger partial charge in [0.2, 0.25) is 5.91 Å². The maximum absolute atomic E-state index is 13.8. The molecule has 0 aromatic heterocycles. The number of hydrogen-bond donors (Lipinski definition) is 1. The van der Waals surface area contributed by atoms with E-state index in [2.05, 4.69) is 21.2 Å². The summed E-state index contributed by atoms with van der Waals surface area (Å²) in [6, 6.07) is 19.3. The second-order valence-corrected chi connectivity index (χ2v) is 11.5. The topological polar surface area (TPSA) is 58.6 Å². The molecule has 2 amide bonds. The zero-order chi connectivity index (χ0) is 27.1. The molecule has 0 saturated heterocycles. The number of hydrogen-bond acceptors (Lipinski definition) is 3. The van der Waals surface area contributed by atoms with Crippen molar-refractivity contribution in [1.82, 2.24) is 10.2 Å². The fraction of sp³-hybridized carbons (Fsp3) is 0.310. The van der Waals surface area contributed by atoms with Crippen molar-refractivity contribution in [1.29, 1.82) is 0 Å². The first-order valence-electron chi connectivity index (χ1n) is 12.5. The highest BCUT2D eigenvalue weighted by atomic mass is 79.9. The Morgan fingerprint density at radius 2 is 1.71 bits per heavy atom. The minimum Gasteiger partial charge on any atom is -0.482 e. The van der Waals surface area contributed by atoms with Crippen LogP contribution in [0.2, 0.25) is 15.1 Å². The van der Waals surface area contributed by atoms with Gasteiger partial charge < -0.3 is 15.0 Å². The first-order chi connectivity index (χ1) is 18.3. The third kappa shape index (κ3) is 7.89. The molecule has 0 heterocycles. The molecular formula is C29H28BrCl3N2O3. The molecule has 1 atom stereocenters. The number of carbonyl (C=O) groups excluding carboxylic acids is 2. The summed E-state index contributed by atoms with van der Waals surface area (Å²) in [5, 5.41) is 4.46. The average molecular weight is 639 g/mol. The van der Waals surface area contributed by atoms with Gasteiger partial charge in [0, 0.05) is 33.5 Å². The molecule has 1 aliphatic carbocycles. The van der Waals surface area contributed by atoms with Crippen LogP contribution in [0.3, 0.4) is 0 Å². The van der Waals surface area contributed by atoms with E-state index in [9.17, 15) is 9.59 Å². The standard InChI is InChI=1S/C29H28BrCl3N2O3/c30-21-11-13-27(25(33)15-21)38-18-28(36)35(17-20-10-12-22(31)16-24(20)32)26(14-19-6-2-1-3-7-19)29(37)34-23-8-4-5-9-23/h1-3,6-7,10-13,15-16,23,26H,4-5,8-9,14,17-18H2,(H,34,37)/t26-/m1/s1. The number of nitrogens with one attached hydrogen (secondary N) is 1. The monoisotopic (exact) mass is 636 g/mol. The molecule has 5 nitrogen and oxygen atoms in total. The Labute approximate surface area is 246 Å². The highest BCUT2D eigenvalue weighted by Crippen LogP contribution is 2.29. The van der Waals surface area contributed by atoms with Crippen molar-refractivity contribution in [2.75, 3.05) is 6.61 Å². The van der Waals surface area contributed by atoms with E-state index in [1.54, 1.807) is 41.3 Å². The van der Waals surface area contributed by atoms with Gasteiger partial charge in [-0.15, -0.1) is 0 Å². The van der Waals surface area contributed by atoms with Gasteiger partial charge in [-0.05, 0) is 54.3 Å². The van der Waals surface area contributed by atoms with Gasteiger partial charge in [0.15, 0.2) is 6.61 Å². The van der Waals surface area contributed by atoms with Gasteiger partial charge in [-0.2, -0.15) is 0 Å². The summed E-state index contributed by atoms with van der Waals surface area (Å²) in [4.78, 5) is 29.0. The Morgan fingerprint density at radius 3 is 2.39 bits per heavy atom. The Kier molecular flexibility index (Phi) is 10.4. The minimum absolute atomic E-state index is 0.106. The van der Waals surface area contributed by atoms with Crippen LogP contribution in [-0.2, 0) is 22.6 Å². The Bertz CT molecular complexity index is 1270. The third-order valence-corrected chi connectivity index (χ3v) is 7.95. The van der Waals surface area contributed by atoms with Crippen LogP contribution in [0.1, 0.15) is 36.8 Å². The minimum atomic E-state index is -0.777. The van der Waals surface area contributed by atoms with Crippen LogP contribution in [0.15, 0.2) is 71.2 Å². The first kappa shape index (κ1) is 28.8. The van der Waals surface area contributed by atoms with E-state index in [0.717, 1.165) is 35.7 Å². The number of halogens is 4. The number of benzene rings is 3. The molecule has 4 rings (SSSR count). The third-order valence-electron chi connectivity index (χ3n) is 6.57. The molecule has 1 fully saturated rings. The van der Waals surface area contributed by atoms with Crippen LogP contribution in [0, 0.1) is 0 Å². The molecule has 3 aromatic carbocycles. The Morgan fingerprint density at radius 1 is 0.974 bits per heavy atom. The van der Waals surface area contributed by atoms with E-state index < -0.39 is 6.04 Å². The summed E-state index contributed by atoms with van der Waals surface area (Å²) < 4.78 is 6.60. The highest BCUT2D eigenvalue weighted by molar-refractivity contribution is 9.10. The van der Waals surface area contributed by atoms with Crippen LogP contribution in [-0.4, -0.2) is 35.4 Å². The van der Waals surface area contributed by atoms with Gasteiger partial charge in [0.25, 0.3) is 5.91 Å². The highest BCUT2D eigenvalue weighted by Gasteiger charge is 2.33. The van der Waals surface area contributed by atoms with E-state index in [0.29, 0.717) is 32.8 Å². The lowest BCUT2D eigenvalue weighted by atomic mass is 10.0. The molecule has 0 unspecified atom stereocenters. The summed E-state index contributed by atoms with van der Waals surface area (Å²) >= 11 is 22.3. The summed E-state index contributed by atoms with van der Waals surface area (Å²) in [5.41, 5.74) is 1.62. The van der Waals surface area contributed by atoms with Crippen molar-refractivity contribution in [2.45, 2.75) is 50.7 Å². The molecule has 0 spiro atoms. The zero-order valence-corrected chi connectivity index (χ0v) is 24.5. The SMILES string of the molecule is O=C(NC1CCCC1)[C@@H](Cc1ccccc1)N(Cc1ccc(Cl)cc1Cl)C(=O)COc1ccc(Br)cc1Cl. The molecule has 0 aliphatic heterocycles. The normalized spacial score (nSPS) is 14.2. The average Bonchev–Trinajstić information content (AvgIpc) is 3.40. The largest absolute Gasteiger partial charge is 0.482 e. The Balaban J connectivity index is 1.64. The smallest absolute Gasteiger partial charge is 0.261 e. The van der Waals surface area contributed by atoms with E-state index in [-0.39, 0.29) is 31.0 Å².